The minimum absolute atomic E-state index is 0.181. The first kappa shape index (κ1) is 15.0. The van der Waals surface area contributed by atoms with Crippen molar-refractivity contribution in [1.82, 2.24) is 9.88 Å². The summed E-state index contributed by atoms with van der Waals surface area (Å²) in [4.78, 5) is 18.3. The maximum Gasteiger partial charge on any atom is 0.223 e. The van der Waals surface area contributed by atoms with Gasteiger partial charge in [-0.25, -0.2) is 0 Å². The van der Waals surface area contributed by atoms with Crippen molar-refractivity contribution in [2.45, 2.75) is 45.7 Å². The van der Waals surface area contributed by atoms with E-state index in [1.807, 2.05) is 36.9 Å². The third-order valence-corrected chi connectivity index (χ3v) is 3.04. The Morgan fingerprint density at radius 2 is 2.17 bits per heavy atom. The van der Waals surface area contributed by atoms with Crippen molar-refractivity contribution in [3.8, 4) is 0 Å². The number of hydrogen-bond acceptors (Lipinski definition) is 2. The van der Waals surface area contributed by atoms with Gasteiger partial charge in [-0.2, -0.15) is 0 Å². The van der Waals surface area contributed by atoms with Crippen molar-refractivity contribution in [3.63, 3.8) is 0 Å². The molecule has 0 radical (unpaired) electrons. The summed E-state index contributed by atoms with van der Waals surface area (Å²) in [5, 5.41) is 0. The van der Waals surface area contributed by atoms with Gasteiger partial charge in [0.25, 0.3) is 0 Å². The summed E-state index contributed by atoms with van der Waals surface area (Å²) in [6.45, 7) is 4.64. The molecule has 1 aromatic rings. The van der Waals surface area contributed by atoms with Gasteiger partial charge >= 0.3 is 0 Å². The smallest absolute Gasteiger partial charge is 0.223 e. The van der Waals surface area contributed by atoms with Crippen LogP contribution in [0.25, 0.3) is 0 Å². The van der Waals surface area contributed by atoms with Gasteiger partial charge in [-0.3, -0.25) is 9.78 Å². The van der Waals surface area contributed by atoms with Crippen LogP contribution in [0.4, 0.5) is 0 Å². The average Bonchev–Trinajstić information content (AvgIpc) is 2.37. The van der Waals surface area contributed by atoms with Crippen molar-refractivity contribution in [2.24, 2.45) is 0 Å². The highest BCUT2D eigenvalue weighted by Crippen LogP contribution is 2.10. The van der Waals surface area contributed by atoms with E-state index in [2.05, 4.69) is 4.98 Å². The average molecular weight is 269 g/mol. The fourth-order valence-electron chi connectivity index (χ4n) is 1.74. The molecule has 0 fully saturated rings. The normalized spacial score (nSPS) is 10.7. The Kier molecular flexibility index (Phi) is 6.73. The van der Waals surface area contributed by atoms with Gasteiger partial charge < -0.3 is 4.90 Å². The molecule has 0 bridgehead atoms. The first-order valence-corrected chi connectivity index (χ1v) is 6.94. The Bertz CT molecular complexity index is 354. The molecule has 0 saturated heterocycles. The van der Waals surface area contributed by atoms with Crippen molar-refractivity contribution in [3.05, 3.63) is 30.1 Å². The Morgan fingerprint density at radius 1 is 1.39 bits per heavy atom. The van der Waals surface area contributed by atoms with Gasteiger partial charge in [-0.05, 0) is 38.8 Å². The Labute approximate surface area is 114 Å². The van der Waals surface area contributed by atoms with Gasteiger partial charge in [0.2, 0.25) is 5.91 Å². The van der Waals surface area contributed by atoms with Gasteiger partial charge in [-0.1, -0.05) is 6.07 Å². The molecule has 3 nitrogen and oxygen atoms in total. The predicted octanol–water partition coefficient (Wildman–Crippen LogP) is 3.23. The Morgan fingerprint density at radius 3 is 2.72 bits per heavy atom. The molecule has 0 atom stereocenters. The van der Waals surface area contributed by atoms with E-state index in [9.17, 15) is 4.79 Å². The number of pyridine rings is 1. The van der Waals surface area contributed by atoms with Gasteiger partial charge in [-0.15, -0.1) is 11.6 Å². The molecule has 100 valence electrons. The standard InChI is InChI=1S/C14H21ClN2O/c1-12(2)17(14(18)8-3-5-9-15)11-13-7-4-6-10-16-13/h4,6-7,10,12H,3,5,8-9,11H2,1-2H3. The molecule has 0 unspecified atom stereocenters. The summed E-state index contributed by atoms with van der Waals surface area (Å²) >= 11 is 5.62. The van der Waals surface area contributed by atoms with E-state index in [-0.39, 0.29) is 11.9 Å². The zero-order valence-electron chi connectivity index (χ0n) is 11.1. The van der Waals surface area contributed by atoms with E-state index in [4.69, 9.17) is 11.6 Å². The summed E-state index contributed by atoms with van der Waals surface area (Å²) in [5.74, 6) is 0.802. The lowest BCUT2D eigenvalue weighted by atomic mass is 10.2. The molecule has 0 aliphatic heterocycles. The lowest BCUT2D eigenvalue weighted by Crippen LogP contribution is -2.36. The van der Waals surface area contributed by atoms with Crippen molar-refractivity contribution in [2.75, 3.05) is 5.88 Å². The molecule has 0 spiro atoms. The van der Waals surface area contributed by atoms with E-state index in [0.717, 1.165) is 18.5 Å². The molecule has 0 aromatic carbocycles. The van der Waals surface area contributed by atoms with Crippen molar-refractivity contribution < 1.29 is 4.79 Å². The largest absolute Gasteiger partial charge is 0.334 e. The van der Waals surface area contributed by atoms with Crippen LogP contribution in [0.1, 0.15) is 38.8 Å². The highest BCUT2D eigenvalue weighted by atomic mass is 35.5. The Hall–Kier alpha value is -1.09. The molecular formula is C14H21ClN2O. The number of carbonyl (C=O) groups excluding carboxylic acids is 1. The summed E-state index contributed by atoms with van der Waals surface area (Å²) in [6, 6.07) is 5.96. The highest BCUT2D eigenvalue weighted by Gasteiger charge is 2.17. The summed E-state index contributed by atoms with van der Waals surface area (Å²) in [6.07, 6.45) is 4.07. The van der Waals surface area contributed by atoms with Gasteiger partial charge in [0.15, 0.2) is 0 Å². The number of unbranched alkanes of at least 4 members (excludes halogenated alkanes) is 1. The molecule has 1 rings (SSSR count). The monoisotopic (exact) mass is 268 g/mol. The van der Waals surface area contributed by atoms with E-state index < -0.39 is 0 Å². The van der Waals surface area contributed by atoms with E-state index in [1.165, 1.54) is 0 Å². The minimum atomic E-state index is 0.181. The van der Waals surface area contributed by atoms with Gasteiger partial charge in [0.1, 0.15) is 0 Å². The zero-order valence-corrected chi connectivity index (χ0v) is 11.9. The van der Waals surface area contributed by atoms with Crippen LogP contribution in [0.3, 0.4) is 0 Å². The first-order chi connectivity index (χ1) is 8.65. The summed E-state index contributed by atoms with van der Waals surface area (Å²) in [7, 11) is 0. The van der Waals surface area contributed by atoms with Crippen LogP contribution >= 0.6 is 11.6 Å². The number of aromatic nitrogens is 1. The molecule has 4 heteroatoms. The third kappa shape index (κ3) is 5.05. The van der Waals surface area contributed by atoms with Crippen LogP contribution in [0.2, 0.25) is 0 Å². The molecular weight excluding hydrogens is 248 g/mol. The zero-order chi connectivity index (χ0) is 13.4. The van der Waals surface area contributed by atoms with Gasteiger partial charge in [0.05, 0.1) is 12.2 Å². The lowest BCUT2D eigenvalue weighted by molar-refractivity contribution is -0.133. The number of alkyl halides is 1. The van der Waals surface area contributed by atoms with Crippen LogP contribution in [-0.2, 0) is 11.3 Å². The molecule has 0 N–H and O–H groups in total. The van der Waals surface area contributed by atoms with Crippen LogP contribution in [-0.4, -0.2) is 27.7 Å². The maximum absolute atomic E-state index is 12.1. The van der Waals surface area contributed by atoms with E-state index in [0.29, 0.717) is 18.8 Å². The quantitative estimate of drug-likeness (QED) is 0.562. The van der Waals surface area contributed by atoms with Crippen LogP contribution in [0, 0.1) is 0 Å². The summed E-state index contributed by atoms with van der Waals surface area (Å²) < 4.78 is 0. The second-order valence-electron chi connectivity index (χ2n) is 4.58. The van der Waals surface area contributed by atoms with Crippen molar-refractivity contribution in [1.29, 1.82) is 0 Å². The SMILES string of the molecule is CC(C)N(Cc1ccccn1)C(=O)CCCCCl. The van der Waals surface area contributed by atoms with E-state index in [1.54, 1.807) is 6.20 Å². The second kappa shape index (κ2) is 8.09. The maximum atomic E-state index is 12.1. The number of amides is 1. The fraction of sp³-hybridized carbons (Fsp3) is 0.571. The number of halogens is 1. The number of hydrogen-bond donors (Lipinski definition) is 0. The molecule has 1 amide bonds. The number of nitrogens with zero attached hydrogens (tertiary/aromatic N) is 2. The molecule has 1 heterocycles. The lowest BCUT2D eigenvalue weighted by Gasteiger charge is -2.26. The van der Waals surface area contributed by atoms with E-state index >= 15 is 0 Å². The summed E-state index contributed by atoms with van der Waals surface area (Å²) in [5.41, 5.74) is 0.928. The Balaban J connectivity index is 2.57. The van der Waals surface area contributed by atoms with Crippen LogP contribution in [0.15, 0.2) is 24.4 Å². The number of carbonyl (C=O) groups is 1. The molecule has 0 aliphatic rings. The van der Waals surface area contributed by atoms with Crippen LogP contribution < -0.4 is 0 Å². The minimum Gasteiger partial charge on any atom is -0.334 e. The molecule has 0 saturated carbocycles. The predicted molar refractivity (Wildman–Crippen MR) is 74.5 cm³/mol. The second-order valence-corrected chi connectivity index (χ2v) is 4.96. The topological polar surface area (TPSA) is 33.2 Å². The number of rotatable bonds is 7. The molecule has 0 aliphatic carbocycles. The van der Waals surface area contributed by atoms with Crippen molar-refractivity contribution >= 4 is 17.5 Å². The molecule has 1 aromatic heterocycles. The van der Waals surface area contributed by atoms with Crippen LogP contribution in [0.5, 0.6) is 0 Å². The first-order valence-electron chi connectivity index (χ1n) is 6.40. The highest BCUT2D eigenvalue weighted by molar-refractivity contribution is 6.17. The fourth-order valence-corrected chi connectivity index (χ4v) is 1.93. The van der Waals surface area contributed by atoms with Gasteiger partial charge in [0, 0.05) is 24.5 Å². The molecule has 18 heavy (non-hydrogen) atoms. The third-order valence-electron chi connectivity index (χ3n) is 2.78.